The molecule has 4 rings (SSSR count). The molecule has 0 aliphatic heterocycles. The van der Waals surface area contributed by atoms with Crippen molar-refractivity contribution in [3.63, 3.8) is 0 Å². The fourth-order valence-corrected chi connectivity index (χ4v) is 2.99. The fourth-order valence-electron chi connectivity index (χ4n) is 2.99. The summed E-state index contributed by atoms with van der Waals surface area (Å²) in [6, 6.07) is 15.2. The van der Waals surface area contributed by atoms with Crippen molar-refractivity contribution in [2.75, 3.05) is 0 Å². The number of carbonyl (C=O) groups excluding carboxylic acids is 1. The molecule has 0 fully saturated rings. The van der Waals surface area contributed by atoms with Crippen molar-refractivity contribution in [3.8, 4) is 5.69 Å². The lowest BCUT2D eigenvalue weighted by atomic mass is 10.1. The highest BCUT2D eigenvalue weighted by Crippen LogP contribution is 2.23. The Kier molecular flexibility index (Phi) is 4.38. The Hall–Kier alpha value is -3.54. The van der Waals surface area contributed by atoms with Gasteiger partial charge < -0.3 is 4.74 Å². The second-order valence-electron chi connectivity index (χ2n) is 6.34. The van der Waals surface area contributed by atoms with Crippen LogP contribution in [0.3, 0.4) is 0 Å². The van der Waals surface area contributed by atoms with E-state index >= 15 is 0 Å². The molecule has 2 aromatic heterocycles. The SMILES string of the molecule is Cc1ccc(-n2nc(C)c3ncncc32)c(C(=O)OCc2ccccc2)c1. The van der Waals surface area contributed by atoms with Crippen LogP contribution in [0.2, 0.25) is 0 Å². The Morgan fingerprint density at radius 1 is 1.11 bits per heavy atom. The standard InChI is InChI=1S/C21H18N4O2/c1-14-8-9-18(25-19-11-22-13-23-20(19)15(2)24-25)17(10-14)21(26)27-12-16-6-4-3-5-7-16/h3-11,13H,12H2,1-2H3. The lowest BCUT2D eigenvalue weighted by molar-refractivity contribution is 0.0472. The maximum atomic E-state index is 12.8. The van der Waals surface area contributed by atoms with Crippen LogP contribution in [0.4, 0.5) is 0 Å². The quantitative estimate of drug-likeness (QED) is 0.519. The van der Waals surface area contributed by atoms with E-state index in [0.29, 0.717) is 11.3 Å². The van der Waals surface area contributed by atoms with Crippen LogP contribution in [-0.4, -0.2) is 25.7 Å². The number of ether oxygens (including phenoxy) is 1. The first-order valence-electron chi connectivity index (χ1n) is 8.61. The van der Waals surface area contributed by atoms with Gasteiger partial charge in [0.15, 0.2) is 0 Å². The van der Waals surface area contributed by atoms with Crippen LogP contribution in [0.25, 0.3) is 16.7 Å². The predicted octanol–water partition coefficient (Wildman–Crippen LogP) is 3.79. The molecule has 6 nitrogen and oxygen atoms in total. The number of fused-ring (bicyclic) bond motifs is 1. The molecule has 2 aromatic carbocycles. The van der Waals surface area contributed by atoms with Crippen molar-refractivity contribution in [2.45, 2.75) is 20.5 Å². The number of benzene rings is 2. The zero-order valence-corrected chi connectivity index (χ0v) is 15.1. The van der Waals surface area contributed by atoms with Gasteiger partial charge in [-0.05, 0) is 31.5 Å². The van der Waals surface area contributed by atoms with Gasteiger partial charge >= 0.3 is 5.97 Å². The molecule has 4 aromatic rings. The number of hydrogen-bond donors (Lipinski definition) is 0. The van der Waals surface area contributed by atoms with Gasteiger partial charge in [0.2, 0.25) is 0 Å². The summed E-state index contributed by atoms with van der Waals surface area (Å²) in [5.41, 5.74) is 5.29. The van der Waals surface area contributed by atoms with Crippen molar-refractivity contribution >= 4 is 17.0 Å². The minimum atomic E-state index is -0.393. The van der Waals surface area contributed by atoms with Gasteiger partial charge in [0.05, 0.1) is 23.1 Å². The number of rotatable bonds is 4. The largest absolute Gasteiger partial charge is 0.457 e. The van der Waals surface area contributed by atoms with Crippen molar-refractivity contribution in [3.05, 3.63) is 83.4 Å². The molecule has 0 radical (unpaired) electrons. The molecule has 2 heterocycles. The molecule has 27 heavy (non-hydrogen) atoms. The van der Waals surface area contributed by atoms with Crippen LogP contribution >= 0.6 is 0 Å². The van der Waals surface area contributed by atoms with Crippen LogP contribution < -0.4 is 0 Å². The minimum Gasteiger partial charge on any atom is -0.457 e. The first kappa shape index (κ1) is 16.9. The number of aromatic nitrogens is 4. The fraction of sp³-hybridized carbons (Fsp3) is 0.143. The predicted molar refractivity (Wildman–Crippen MR) is 102 cm³/mol. The third-order valence-corrected chi connectivity index (χ3v) is 4.33. The van der Waals surface area contributed by atoms with E-state index in [2.05, 4.69) is 15.1 Å². The van der Waals surface area contributed by atoms with E-state index in [4.69, 9.17) is 4.74 Å². The highest BCUT2D eigenvalue weighted by molar-refractivity contribution is 5.94. The molecule has 0 aliphatic carbocycles. The summed E-state index contributed by atoms with van der Waals surface area (Å²) in [7, 11) is 0. The zero-order chi connectivity index (χ0) is 18.8. The van der Waals surface area contributed by atoms with E-state index in [-0.39, 0.29) is 6.61 Å². The molecule has 0 N–H and O–H groups in total. The van der Waals surface area contributed by atoms with Crippen LogP contribution in [0.5, 0.6) is 0 Å². The van der Waals surface area contributed by atoms with Crippen LogP contribution in [0.1, 0.15) is 27.2 Å². The molecule has 0 aliphatic rings. The van der Waals surface area contributed by atoms with Gasteiger partial charge in [-0.1, -0.05) is 42.0 Å². The number of nitrogens with zero attached hydrogens (tertiary/aromatic N) is 4. The van der Waals surface area contributed by atoms with Crippen molar-refractivity contribution in [1.82, 2.24) is 19.7 Å². The van der Waals surface area contributed by atoms with Gasteiger partial charge in [-0.25, -0.2) is 19.4 Å². The summed E-state index contributed by atoms with van der Waals surface area (Å²) in [6.45, 7) is 4.04. The van der Waals surface area contributed by atoms with E-state index in [1.165, 1.54) is 6.33 Å². The Morgan fingerprint density at radius 2 is 1.93 bits per heavy atom. The van der Waals surface area contributed by atoms with Gasteiger partial charge in [-0.2, -0.15) is 5.10 Å². The summed E-state index contributed by atoms with van der Waals surface area (Å²) >= 11 is 0. The summed E-state index contributed by atoms with van der Waals surface area (Å²) < 4.78 is 7.24. The van der Waals surface area contributed by atoms with Crippen LogP contribution in [0, 0.1) is 13.8 Å². The smallest absolute Gasteiger partial charge is 0.340 e. The molecular weight excluding hydrogens is 340 g/mol. The molecule has 6 heteroatoms. The number of hydrogen-bond acceptors (Lipinski definition) is 5. The topological polar surface area (TPSA) is 69.9 Å². The summed E-state index contributed by atoms with van der Waals surface area (Å²) in [6.07, 6.45) is 3.19. The number of carbonyl (C=O) groups is 1. The Bertz CT molecular complexity index is 1120. The minimum absolute atomic E-state index is 0.217. The molecule has 0 atom stereocenters. The number of aryl methyl sites for hydroxylation is 2. The first-order chi connectivity index (χ1) is 13.1. The van der Waals surface area contributed by atoms with Crippen molar-refractivity contribution < 1.29 is 9.53 Å². The van der Waals surface area contributed by atoms with Gasteiger partial charge in [-0.15, -0.1) is 0 Å². The van der Waals surface area contributed by atoms with E-state index in [0.717, 1.165) is 27.9 Å². The van der Waals surface area contributed by atoms with Crippen molar-refractivity contribution in [1.29, 1.82) is 0 Å². The van der Waals surface area contributed by atoms with Crippen LogP contribution in [-0.2, 0) is 11.3 Å². The molecule has 0 unspecified atom stereocenters. The Morgan fingerprint density at radius 3 is 2.74 bits per heavy atom. The zero-order valence-electron chi connectivity index (χ0n) is 15.1. The molecule has 0 bridgehead atoms. The van der Waals surface area contributed by atoms with E-state index in [1.54, 1.807) is 10.9 Å². The van der Waals surface area contributed by atoms with E-state index in [9.17, 15) is 4.79 Å². The monoisotopic (exact) mass is 358 g/mol. The van der Waals surface area contributed by atoms with Gasteiger partial charge in [0, 0.05) is 0 Å². The number of esters is 1. The second-order valence-corrected chi connectivity index (χ2v) is 6.34. The Labute approximate surface area is 156 Å². The highest BCUT2D eigenvalue weighted by atomic mass is 16.5. The lowest BCUT2D eigenvalue weighted by Crippen LogP contribution is -2.11. The average molecular weight is 358 g/mol. The maximum absolute atomic E-state index is 12.8. The highest BCUT2D eigenvalue weighted by Gasteiger charge is 2.18. The molecule has 0 saturated heterocycles. The second kappa shape index (κ2) is 6.99. The maximum Gasteiger partial charge on any atom is 0.340 e. The van der Waals surface area contributed by atoms with Crippen LogP contribution in [0.15, 0.2) is 61.1 Å². The lowest BCUT2D eigenvalue weighted by Gasteiger charge is -2.11. The molecule has 134 valence electrons. The summed E-state index contributed by atoms with van der Waals surface area (Å²) in [5, 5.41) is 4.56. The average Bonchev–Trinajstić information content (AvgIpc) is 3.04. The molecule has 0 spiro atoms. The van der Waals surface area contributed by atoms with Crippen molar-refractivity contribution in [2.24, 2.45) is 0 Å². The summed E-state index contributed by atoms with van der Waals surface area (Å²) in [4.78, 5) is 21.2. The Balaban J connectivity index is 1.73. The first-order valence-corrected chi connectivity index (χ1v) is 8.61. The van der Waals surface area contributed by atoms with Gasteiger partial charge in [0.1, 0.15) is 24.0 Å². The third-order valence-electron chi connectivity index (χ3n) is 4.33. The molecule has 0 amide bonds. The third kappa shape index (κ3) is 3.29. The normalized spacial score (nSPS) is 10.9. The van der Waals surface area contributed by atoms with E-state index < -0.39 is 5.97 Å². The molecular formula is C21H18N4O2. The van der Waals surface area contributed by atoms with E-state index in [1.807, 2.05) is 62.4 Å². The van der Waals surface area contributed by atoms with Gasteiger partial charge in [0.25, 0.3) is 0 Å². The molecule has 0 saturated carbocycles. The summed E-state index contributed by atoms with van der Waals surface area (Å²) in [5.74, 6) is -0.393. The van der Waals surface area contributed by atoms with Gasteiger partial charge in [-0.3, -0.25) is 0 Å².